The Morgan fingerprint density at radius 2 is 1.73 bits per heavy atom. The lowest BCUT2D eigenvalue weighted by Gasteiger charge is -2.34. The molecule has 0 unspecified atom stereocenters. The molecule has 1 aliphatic rings. The Morgan fingerprint density at radius 3 is 2.35 bits per heavy atom. The van der Waals surface area contributed by atoms with Gasteiger partial charge in [0, 0.05) is 39.1 Å². The van der Waals surface area contributed by atoms with Crippen molar-refractivity contribution < 1.29 is 14.0 Å². The highest BCUT2D eigenvalue weighted by Crippen LogP contribution is 2.29. The largest absolute Gasteiger partial charge is 0.459 e. The predicted octanol–water partition coefficient (Wildman–Crippen LogP) is 3.37. The molecular weight excluding hydrogens is 377 g/mol. The molecule has 1 fully saturated rings. The number of amides is 2. The van der Waals surface area contributed by atoms with Gasteiger partial charge in [-0.2, -0.15) is 0 Å². The summed E-state index contributed by atoms with van der Waals surface area (Å²) >= 11 is 12.1. The summed E-state index contributed by atoms with van der Waals surface area (Å²) in [6.45, 7) is 3.25. The third kappa shape index (κ3) is 4.58. The topological polar surface area (TPSA) is 65.8 Å². The van der Waals surface area contributed by atoms with Crippen molar-refractivity contribution in [1.29, 1.82) is 0 Å². The Kier molecular flexibility index (Phi) is 6.19. The first-order valence-electron chi connectivity index (χ1n) is 8.33. The highest BCUT2D eigenvalue weighted by Gasteiger charge is 2.23. The summed E-state index contributed by atoms with van der Waals surface area (Å²) in [5.74, 6) is 0.115. The molecule has 1 aromatic heterocycles. The number of hydrogen-bond donors (Lipinski definition) is 1. The van der Waals surface area contributed by atoms with Crippen molar-refractivity contribution in [3.8, 4) is 0 Å². The molecule has 8 heteroatoms. The van der Waals surface area contributed by atoms with Gasteiger partial charge in [-0.3, -0.25) is 14.5 Å². The third-order valence-electron chi connectivity index (χ3n) is 4.27. The maximum atomic E-state index is 12.2. The maximum absolute atomic E-state index is 12.2. The van der Waals surface area contributed by atoms with E-state index >= 15 is 0 Å². The van der Waals surface area contributed by atoms with E-state index in [1.165, 1.54) is 6.26 Å². The van der Waals surface area contributed by atoms with Crippen LogP contribution in [0, 0.1) is 0 Å². The highest BCUT2D eigenvalue weighted by atomic mass is 35.5. The van der Waals surface area contributed by atoms with Gasteiger partial charge in [-0.1, -0.05) is 29.3 Å². The first-order valence-corrected chi connectivity index (χ1v) is 9.09. The van der Waals surface area contributed by atoms with Crippen LogP contribution in [0.25, 0.3) is 0 Å². The van der Waals surface area contributed by atoms with Gasteiger partial charge in [0.2, 0.25) is 5.91 Å². The van der Waals surface area contributed by atoms with E-state index in [1.54, 1.807) is 35.2 Å². The molecule has 0 aliphatic carbocycles. The zero-order valence-corrected chi connectivity index (χ0v) is 15.6. The number of piperazine rings is 1. The first-order chi connectivity index (χ1) is 12.5. The fourth-order valence-electron chi connectivity index (χ4n) is 2.81. The number of furan rings is 1. The lowest BCUT2D eigenvalue weighted by atomic mass is 10.2. The molecule has 0 radical (unpaired) electrons. The smallest absolute Gasteiger partial charge is 0.289 e. The van der Waals surface area contributed by atoms with Crippen molar-refractivity contribution >= 4 is 40.7 Å². The minimum absolute atomic E-state index is 0.0965. The monoisotopic (exact) mass is 395 g/mol. The Balaban J connectivity index is 1.44. The fraction of sp³-hybridized carbons (Fsp3) is 0.333. The molecule has 1 aromatic carbocycles. The van der Waals surface area contributed by atoms with Crippen LogP contribution >= 0.6 is 23.2 Å². The third-order valence-corrected chi connectivity index (χ3v) is 4.90. The molecule has 3 rings (SSSR count). The SMILES string of the molecule is O=C(CCN1CCN(C(=O)c2ccco2)CC1)Nc1c(Cl)cccc1Cl. The Hall–Kier alpha value is -2.02. The lowest BCUT2D eigenvalue weighted by Crippen LogP contribution is -2.49. The average Bonchev–Trinajstić information content (AvgIpc) is 3.18. The van der Waals surface area contributed by atoms with Crippen LogP contribution in [0.2, 0.25) is 10.0 Å². The van der Waals surface area contributed by atoms with Crippen LogP contribution in [0.15, 0.2) is 41.0 Å². The van der Waals surface area contributed by atoms with E-state index < -0.39 is 0 Å². The molecule has 1 saturated heterocycles. The van der Waals surface area contributed by atoms with Crippen LogP contribution < -0.4 is 5.32 Å². The van der Waals surface area contributed by atoms with Gasteiger partial charge in [0.05, 0.1) is 22.0 Å². The number of rotatable bonds is 5. The first kappa shape index (κ1) is 18.8. The summed E-state index contributed by atoms with van der Waals surface area (Å²) in [7, 11) is 0. The molecule has 2 heterocycles. The Labute approximate surface area is 161 Å². The number of nitrogens with one attached hydrogen (secondary N) is 1. The molecular formula is C18H19Cl2N3O3. The zero-order valence-electron chi connectivity index (χ0n) is 14.1. The van der Waals surface area contributed by atoms with Crippen LogP contribution in [0.1, 0.15) is 17.0 Å². The van der Waals surface area contributed by atoms with Crippen LogP contribution in [-0.2, 0) is 4.79 Å². The molecule has 1 N–H and O–H groups in total. The molecule has 0 saturated carbocycles. The highest BCUT2D eigenvalue weighted by molar-refractivity contribution is 6.39. The van der Waals surface area contributed by atoms with E-state index in [9.17, 15) is 9.59 Å². The van der Waals surface area contributed by atoms with E-state index in [4.69, 9.17) is 27.6 Å². The fourth-order valence-corrected chi connectivity index (χ4v) is 3.30. The number of nitrogens with zero attached hydrogens (tertiary/aromatic N) is 2. The number of hydrogen-bond acceptors (Lipinski definition) is 4. The second-order valence-electron chi connectivity index (χ2n) is 6.01. The second kappa shape index (κ2) is 8.58. The quantitative estimate of drug-likeness (QED) is 0.842. The van der Waals surface area contributed by atoms with Crippen LogP contribution in [0.4, 0.5) is 5.69 Å². The van der Waals surface area contributed by atoms with Crippen molar-refractivity contribution in [2.24, 2.45) is 0 Å². The molecule has 0 spiro atoms. The van der Waals surface area contributed by atoms with Crippen molar-refractivity contribution in [2.75, 3.05) is 38.0 Å². The molecule has 6 nitrogen and oxygen atoms in total. The van der Waals surface area contributed by atoms with E-state index in [2.05, 4.69) is 10.2 Å². The number of para-hydroxylation sites is 1. The van der Waals surface area contributed by atoms with Crippen molar-refractivity contribution in [3.05, 3.63) is 52.4 Å². The van der Waals surface area contributed by atoms with Crippen LogP contribution in [0.5, 0.6) is 0 Å². The van der Waals surface area contributed by atoms with Crippen LogP contribution in [-0.4, -0.2) is 54.3 Å². The molecule has 2 amide bonds. The number of carbonyl (C=O) groups excluding carboxylic acids is 2. The maximum Gasteiger partial charge on any atom is 0.289 e. The summed E-state index contributed by atoms with van der Waals surface area (Å²) in [5.41, 5.74) is 0.440. The number of anilines is 1. The van der Waals surface area contributed by atoms with Gasteiger partial charge >= 0.3 is 0 Å². The second-order valence-corrected chi connectivity index (χ2v) is 6.82. The summed E-state index contributed by atoms with van der Waals surface area (Å²) in [5, 5.41) is 3.58. The van der Waals surface area contributed by atoms with Crippen molar-refractivity contribution in [2.45, 2.75) is 6.42 Å². The van der Waals surface area contributed by atoms with E-state index in [0.717, 1.165) is 0 Å². The predicted molar refractivity (Wildman–Crippen MR) is 101 cm³/mol. The minimum Gasteiger partial charge on any atom is -0.459 e. The van der Waals surface area contributed by atoms with Crippen molar-refractivity contribution in [1.82, 2.24) is 9.80 Å². The van der Waals surface area contributed by atoms with Gasteiger partial charge < -0.3 is 14.6 Å². The summed E-state index contributed by atoms with van der Waals surface area (Å²) < 4.78 is 5.15. The Morgan fingerprint density at radius 1 is 1.04 bits per heavy atom. The molecule has 0 bridgehead atoms. The average molecular weight is 396 g/mol. The number of carbonyl (C=O) groups is 2. The van der Waals surface area contributed by atoms with Gasteiger partial charge in [-0.15, -0.1) is 0 Å². The summed E-state index contributed by atoms with van der Waals surface area (Å²) in [6.07, 6.45) is 1.82. The standard InChI is InChI=1S/C18H19Cl2N3O3/c19-13-3-1-4-14(20)17(13)21-16(24)6-7-22-8-10-23(11-9-22)18(25)15-5-2-12-26-15/h1-5,12H,6-11H2,(H,21,24). The minimum atomic E-state index is -0.144. The molecule has 138 valence electrons. The molecule has 26 heavy (non-hydrogen) atoms. The zero-order chi connectivity index (χ0) is 18.5. The Bertz CT molecular complexity index is 752. The normalized spacial score (nSPS) is 15.1. The van der Waals surface area contributed by atoms with Gasteiger partial charge in [0.15, 0.2) is 5.76 Å². The van der Waals surface area contributed by atoms with E-state index in [-0.39, 0.29) is 11.8 Å². The van der Waals surface area contributed by atoms with Crippen LogP contribution in [0.3, 0.4) is 0 Å². The van der Waals surface area contributed by atoms with E-state index in [0.29, 0.717) is 60.6 Å². The number of benzene rings is 1. The van der Waals surface area contributed by atoms with E-state index in [1.807, 2.05) is 0 Å². The lowest BCUT2D eigenvalue weighted by molar-refractivity contribution is -0.116. The van der Waals surface area contributed by atoms with Gasteiger partial charge in [-0.25, -0.2) is 0 Å². The van der Waals surface area contributed by atoms with Gasteiger partial charge in [0.1, 0.15) is 0 Å². The molecule has 0 atom stereocenters. The molecule has 1 aliphatic heterocycles. The number of halogens is 2. The summed E-state index contributed by atoms with van der Waals surface area (Å²) in [6, 6.07) is 8.45. The summed E-state index contributed by atoms with van der Waals surface area (Å²) in [4.78, 5) is 28.3. The van der Waals surface area contributed by atoms with Crippen molar-refractivity contribution in [3.63, 3.8) is 0 Å². The molecule has 2 aromatic rings. The van der Waals surface area contributed by atoms with Gasteiger partial charge in [0.25, 0.3) is 5.91 Å². The van der Waals surface area contributed by atoms with Gasteiger partial charge in [-0.05, 0) is 24.3 Å².